The summed E-state index contributed by atoms with van der Waals surface area (Å²) in [6.07, 6.45) is 2.03. The van der Waals surface area contributed by atoms with Gasteiger partial charge in [-0.15, -0.1) is 0 Å². The van der Waals surface area contributed by atoms with Crippen molar-refractivity contribution in [3.63, 3.8) is 0 Å². The van der Waals surface area contributed by atoms with Gasteiger partial charge in [-0.1, -0.05) is 19.9 Å². The second-order valence-corrected chi connectivity index (χ2v) is 7.91. The molecule has 2 nitrogen and oxygen atoms in total. The zero-order valence-electron chi connectivity index (χ0n) is 13.0. The van der Waals surface area contributed by atoms with Gasteiger partial charge in [-0.25, -0.2) is 8.78 Å². The fourth-order valence-electron chi connectivity index (χ4n) is 5.46. The molecule has 4 rings (SSSR count). The zero-order valence-corrected chi connectivity index (χ0v) is 13.0. The number of aliphatic hydroxyl groups excluding tert-OH is 1. The van der Waals surface area contributed by atoms with Crippen LogP contribution in [0.1, 0.15) is 44.8 Å². The average Bonchev–Trinajstić information content (AvgIpc) is 2.94. The van der Waals surface area contributed by atoms with Crippen LogP contribution in [0.4, 0.5) is 8.78 Å². The highest BCUT2D eigenvalue weighted by atomic mass is 19.1. The van der Waals surface area contributed by atoms with E-state index in [1.165, 1.54) is 12.1 Å². The summed E-state index contributed by atoms with van der Waals surface area (Å²) >= 11 is 0. The molecule has 0 aromatic heterocycles. The highest BCUT2D eigenvalue weighted by Gasteiger charge is 2.68. The topological polar surface area (TPSA) is 29.5 Å². The van der Waals surface area contributed by atoms with E-state index in [2.05, 4.69) is 13.8 Å². The van der Waals surface area contributed by atoms with E-state index in [0.717, 1.165) is 25.3 Å². The van der Waals surface area contributed by atoms with Crippen molar-refractivity contribution in [3.05, 3.63) is 35.4 Å². The maximum absolute atomic E-state index is 14.2. The Morgan fingerprint density at radius 1 is 1.27 bits per heavy atom. The molecule has 1 heterocycles. The Kier molecular flexibility index (Phi) is 2.99. The first-order valence-corrected chi connectivity index (χ1v) is 8.11. The SMILES string of the molecule is CC1(C)[C@@H]2C[C@@H]3[C@@H](c4ccc(F)cc4F)OCC[C@@]3(C2)[C@@H]1O. The quantitative estimate of drug-likeness (QED) is 0.854. The molecule has 3 aliphatic rings. The lowest BCUT2D eigenvalue weighted by Gasteiger charge is -2.51. The third-order valence-electron chi connectivity index (χ3n) is 6.70. The van der Waals surface area contributed by atoms with Gasteiger partial charge in [-0.2, -0.15) is 0 Å². The van der Waals surface area contributed by atoms with Crippen LogP contribution in [0.15, 0.2) is 18.2 Å². The molecule has 0 amide bonds. The van der Waals surface area contributed by atoms with Gasteiger partial charge >= 0.3 is 0 Å². The summed E-state index contributed by atoms with van der Waals surface area (Å²) < 4.78 is 33.3. The molecule has 1 aromatic carbocycles. The molecule has 1 aromatic rings. The molecule has 1 spiro atoms. The monoisotopic (exact) mass is 308 g/mol. The summed E-state index contributed by atoms with van der Waals surface area (Å²) in [5.41, 5.74) is 0.181. The number of benzene rings is 1. The maximum Gasteiger partial charge on any atom is 0.131 e. The lowest BCUT2D eigenvalue weighted by molar-refractivity contribution is -0.165. The van der Waals surface area contributed by atoms with Crippen molar-refractivity contribution in [2.24, 2.45) is 22.7 Å². The van der Waals surface area contributed by atoms with Crippen LogP contribution in [-0.2, 0) is 4.74 Å². The van der Waals surface area contributed by atoms with Gasteiger partial charge in [0.2, 0.25) is 0 Å². The standard InChI is InChI=1S/C18H22F2O2/c1-17(2)10-7-13-15(12-4-3-11(19)8-14(12)20)22-6-5-18(13,9-10)16(17)21/h3-4,8,10,13,15-16,21H,5-7,9H2,1-2H3/t10-,13-,15-,16-,18+/m1/s1. The summed E-state index contributed by atoms with van der Waals surface area (Å²) in [7, 11) is 0. The van der Waals surface area contributed by atoms with Gasteiger partial charge in [0.05, 0.1) is 12.2 Å². The number of hydrogen-bond acceptors (Lipinski definition) is 2. The first-order valence-electron chi connectivity index (χ1n) is 8.11. The molecule has 1 aliphatic heterocycles. The van der Waals surface area contributed by atoms with Crippen molar-refractivity contribution in [2.75, 3.05) is 6.61 Å². The molecule has 2 bridgehead atoms. The van der Waals surface area contributed by atoms with Crippen molar-refractivity contribution in [1.29, 1.82) is 0 Å². The molecule has 5 atom stereocenters. The van der Waals surface area contributed by atoms with Crippen LogP contribution in [-0.4, -0.2) is 17.8 Å². The van der Waals surface area contributed by atoms with E-state index in [1.807, 2.05) is 0 Å². The van der Waals surface area contributed by atoms with Crippen LogP contribution in [0.25, 0.3) is 0 Å². The zero-order chi connectivity index (χ0) is 15.7. The molecule has 4 heteroatoms. The second-order valence-electron chi connectivity index (χ2n) is 7.91. The van der Waals surface area contributed by atoms with Crippen LogP contribution < -0.4 is 0 Å². The van der Waals surface area contributed by atoms with Gasteiger partial charge in [-0.3, -0.25) is 0 Å². The Bertz CT molecular complexity index is 615. The molecule has 3 fully saturated rings. The van der Waals surface area contributed by atoms with E-state index in [9.17, 15) is 13.9 Å². The summed E-state index contributed by atoms with van der Waals surface area (Å²) in [6.45, 7) is 4.80. The molecule has 1 N–H and O–H groups in total. The minimum atomic E-state index is -0.569. The highest BCUT2D eigenvalue weighted by Crippen LogP contribution is 2.70. The van der Waals surface area contributed by atoms with E-state index >= 15 is 0 Å². The van der Waals surface area contributed by atoms with Gasteiger partial charge in [0.1, 0.15) is 11.6 Å². The van der Waals surface area contributed by atoms with Crippen LogP contribution in [0.3, 0.4) is 0 Å². The summed E-state index contributed by atoms with van der Waals surface area (Å²) in [6, 6.07) is 3.71. The molecule has 120 valence electrons. The average molecular weight is 308 g/mol. The van der Waals surface area contributed by atoms with Crippen molar-refractivity contribution in [3.8, 4) is 0 Å². The van der Waals surface area contributed by atoms with E-state index in [0.29, 0.717) is 18.1 Å². The number of rotatable bonds is 1. The predicted octanol–water partition coefficient (Wildman–Crippen LogP) is 3.84. The Hall–Kier alpha value is -1.00. The summed E-state index contributed by atoms with van der Waals surface area (Å²) in [5, 5.41) is 10.9. The Balaban J connectivity index is 1.73. The van der Waals surface area contributed by atoms with Gasteiger partial charge in [0.15, 0.2) is 0 Å². The van der Waals surface area contributed by atoms with Crippen LogP contribution in [0.2, 0.25) is 0 Å². The first kappa shape index (κ1) is 14.6. The van der Waals surface area contributed by atoms with E-state index in [1.54, 1.807) is 0 Å². The van der Waals surface area contributed by atoms with Gasteiger partial charge in [-0.05, 0) is 42.6 Å². The van der Waals surface area contributed by atoms with Crippen LogP contribution in [0, 0.1) is 34.3 Å². The Morgan fingerprint density at radius 2 is 2.05 bits per heavy atom. The number of ether oxygens (including phenoxy) is 1. The Labute approximate surface area is 129 Å². The fraction of sp³-hybridized carbons (Fsp3) is 0.667. The Morgan fingerprint density at radius 3 is 2.73 bits per heavy atom. The third-order valence-corrected chi connectivity index (χ3v) is 6.70. The molecular formula is C18H22F2O2. The van der Waals surface area contributed by atoms with Crippen LogP contribution in [0.5, 0.6) is 0 Å². The predicted molar refractivity (Wildman–Crippen MR) is 78.1 cm³/mol. The minimum absolute atomic E-state index is 0.0836. The second kappa shape index (κ2) is 4.51. The van der Waals surface area contributed by atoms with Crippen molar-refractivity contribution >= 4 is 0 Å². The number of fused-ring (bicyclic) bond motifs is 1. The number of hydrogen-bond donors (Lipinski definition) is 1. The van der Waals surface area contributed by atoms with Crippen molar-refractivity contribution in [1.82, 2.24) is 0 Å². The maximum atomic E-state index is 14.2. The molecule has 22 heavy (non-hydrogen) atoms. The fourth-order valence-corrected chi connectivity index (χ4v) is 5.46. The molecule has 0 unspecified atom stereocenters. The van der Waals surface area contributed by atoms with Gasteiger partial charge in [0.25, 0.3) is 0 Å². The molecule has 1 saturated heterocycles. The lowest BCUT2D eigenvalue weighted by Crippen LogP contribution is -2.51. The largest absolute Gasteiger partial charge is 0.392 e. The van der Waals surface area contributed by atoms with Gasteiger partial charge < -0.3 is 9.84 Å². The lowest BCUT2D eigenvalue weighted by atomic mass is 9.60. The smallest absolute Gasteiger partial charge is 0.131 e. The first-order chi connectivity index (χ1) is 10.4. The normalized spacial score (nSPS) is 42.4. The summed E-state index contributed by atoms with van der Waals surface area (Å²) in [5.74, 6) is -0.547. The summed E-state index contributed by atoms with van der Waals surface area (Å²) in [4.78, 5) is 0. The van der Waals surface area contributed by atoms with E-state index in [-0.39, 0.29) is 29.0 Å². The van der Waals surface area contributed by atoms with Crippen molar-refractivity contribution in [2.45, 2.75) is 45.3 Å². The molecular weight excluding hydrogens is 286 g/mol. The molecule has 0 radical (unpaired) electrons. The van der Waals surface area contributed by atoms with E-state index < -0.39 is 11.6 Å². The van der Waals surface area contributed by atoms with E-state index in [4.69, 9.17) is 4.74 Å². The minimum Gasteiger partial charge on any atom is -0.392 e. The number of aliphatic hydroxyl groups is 1. The number of halogens is 2. The highest BCUT2D eigenvalue weighted by molar-refractivity contribution is 5.26. The molecule has 2 saturated carbocycles. The molecule has 2 aliphatic carbocycles. The van der Waals surface area contributed by atoms with Crippen molar-refractivity contribution < 1.29 is 18.6 Å². The third kappa shape index (κ3) is 1.71. The van der Waals surface area contributed by atoms with Crippen LogP contribution >= 0.6 is 0 Å². The van der Waals surface area contributed by atoms with Gasteiger partial charge in [0, 0.05) is 23.7 Å².